The maximum absolute atomic E-state index is 12.2. The van der Waals surface area contributed by atoms with Crippen molar-refractivity contribution in [1.29, 1.82) is 0 Å². The SMILES string of the molecule is CC(Oc1cccc(Br)c1)C(=O)NNC(=O)C1CC1c1ccccc1Cl. The molecule has 26 heavy (non-hydrogen) atoms. The Kier molecular flexibility index (Phi) is 5.84. The van der Waals surface area contributed by atoms with Crippen LogP contribution in [-0.4, -0.2) is 17.9 Å². The summed E-state index contributed by atoms with van der Waals surface area (Å²) in [6, 6.07) is 14.7. The van der Waals surface area contributed by atoms with Crippen LogP contribution in [0.2, 0.25) is 5.02 Å². The largest absolute Gasteiger partial charge is 0.481 e. The number of halogens is 2. The summed E-state index contributed by atoms with van der Waals surface area (Å²) in [5, 5.41) is 0.660. The van der Waals surface area contributed by atoms with Crippen molar-refractivity contribution in [2.24, 2.45) is 5.92 Å². The second-order valence-electron chi connectivity index (χ2n) is 6.17. The maximum Gasteiger partial charge on any atom is 0.279 e. The van der Waals surface area contributed by atoms with E-state index >= 15 is 0 Å². The number of nitrogens with one attached hydrogen (secondary N) is 2. The first-order valence-electron chi connectivity index (χ1n) is 8.22. The highest BCUT2D eigenvalue weighted by Gasteiger charge is 2.45. The second kappa shape index (κ2) is 8.10. The van der Waals surface area contributed by atoms with E-state index in [1.807, 2.05) is 36.4 Å². The summed E-state index contributed by atoms with van der Waals surface area (Å²) in [5.41, 5.74) is 5.85. The molecule has 2 N–H and O–H groups in total. The molecule has 5 nitrogen and oxygen atoms in total. The number of benzene rings is 2. The van der Waals surface area contributed by atoms with E-state index < -0.39 is 12.0 Å². The summed E-state index contributed by atoms with van der Waals surface area (Å²) in [5.74, 6) is -0.173. The summed E-state index contributed by atoms with van der Waals surface area (Å²) < 4.78 is 6.42. The standard InChI is InChI=1S/C19H18BrClN2O3/c1-11(26-13-6-4-5-12(20)9-13)18(24)22-23-19(25)16-10-15(16)14-7-2-3-8-17(14)21/h2-9,11,15-16H,10H2,1H3,(H,22,24)(H,23,25). The molecule has 3 atom stereocenters. The van der Waals surface area contributed by atoms with E-state index in [1.54, 1.807) is 19.1 Å². The van der Waals surface area contributed by atoms with Gasteiger partial charge in [-0.15, -0.1) is 0 Å². The van der Waals surface area contributed by atoms with Gasteiger partial charge in [-0.3, -0.25) is 20.4 Å². The number of rotatable bonds is 5. The van der Waals surface area contributed by atoms with Crippen molar-refractivity contribution in [1.82, 2.24) is 10.9 Å². The molecule has 3 rings (SSSR count). The molecule has 2 aromatic carbocycles. The van der Waals surface area contributed by atoms with Gasteiger partial charge in [0, 0.05) is 15.4 Å². The lowest BCUT2D eigenvalue weighted by molar-refractivity contribution is -0.133. The lowest BCUT2D eigenvalue weighted by Gasteiger charge is -2.15. The van der Waals surface area contributed by atoms with Gasteiger partial charge in [-0.25, -0.2) is 0 Å². The lowest BCUT2D eigenvalue weighted by Crippen LogP contribution is -2.47. The molecular formula is C19H18BrClN2O3. The van der Waals surface area contributed by atoms with Gasteiger partial charge >= 0.3 is 0 Å². The summed E-state index contributed by atoms with van der Waals surface area (Å²) in [6.07, 6.45) is -0.0293. The Morgan fingerprint density at radius 2 is 1.96 bits per heavy atom. The predicted molar refractivity (Wildman–Crippen MR) is 103 cm³/mol. The van der Waals surface area contributed by atoms with Gasteiger partial charge in [0.15, 0.2) is 6.10 Å². The van der Waals surface area contributed by atoms with Crippen molar-refractivity contribution < 1.29 is 14.3 Å². The van der Waals surface area contributed by atoms with Crippen LogP contribution in [0.15, 0.2) is 53.0 Å². The number of hydrogen-bond donors (Lipinski definition) is 2. The van der Waals surface area contributed by atoms with Crippen molar-refractivity contribution >= 4 is 39.3 Å². The lowest BCUT2D eigenvalue weighted by atomic mass is 10.1. The fraction of sp³-hybridized carbons (Fsp3) is 0.263. The van der Waals surface area contributed by atoms with Gasteiger partial charge in [-0.05, 0) is 49.1 Å². The third-order valence-corrected chi connectivity index (χ3v) is 5.06. The Balaban J connectivity index is 1.47. The molecule has 1 fully saturated rings. The molecule has 0 bridgehead atoms. The van der Waals surface area contributed by atoms with Gasteiger partial charge in [0.2, 0.25) is 5.91 Å². The number of ether oxygens (including phenoxy) is 1. The molecule has 1 aliphatic rings. The topological polar surface area (TPSA) is 67.4 Å². The number of hydrazine groups is 1. The highest BCUT2D eigenvalue weighted by molar-refractivity contribution is 9.10. The van der Waals surface area contributed by atoms with Crippen LogP contribution in [-0.2, 0) is 9.59 Å². The Morgan fingerprint density at radius 3 is 2.69 bits per heavy atom. The molecule has 136 valence electrons. The molecule has 0 aromatic heterocycles. The molecule has 0 aliphatic heterocycles. The van der Waals surface area contributed by atoms with Crippen molar-refractivity contribution in [2.75, 3.05) is 0 Å². The van der Waals surface area contributed by atoms with E-state index in [-0.39, 0.29) is 17.7 Å². The minimum absolute atomic E-state index is 0.0935. The van der Waals surface area contributed by atoms with Gasteiger partial charge < -0.3 is 4.74 Å². The van der Waals surface area contributed by atoms with Gasteiger partial charge in [0.25, 0.3) is 5.91 Å². The molecule has 0 saturated heterocycles. The quantitative estimate of drug-likeness (QED) is 0.699. The smallest absolute Gasteiger partial charge is 0.279 e. The van der Waals surface area contributed by atoms with Gasteiger partial charge in [-0.1, -0.05) is 51.8 Å². The van der Waals surface area contributed by atoms with Crippen LogP contribution in [0, 0.1) is 5.92 Å². The maximum atomic E-state index is 12.2. The third-order valence-electron chi connectivity index (χ3n) is 4.22. The minimum Gasteiger partial charge on any atom is -0.481 e. The van der Waals surface area contributed by atoms with Crippen LogP contribution in [0.25, 0.3) is 0 Å². The van der Waals surface area contributed by atoms with E-state index in [9.17, 15) is 9.59 Å². The Hall–Kier alpha value is -2.05. The van der Waals surface area contributed by atoms with Gasteiger partial charge in [0.05, 0.1) is 0 Å². The van der Waals surface area contributed by atoms with Crippen LogP contribution in [0.3, 0.4) is 0 Å². The number of hydrogen-bond acceptors (Lipinski definition) is 3. The van der Waals surface area contributed by atoms with Crippen LogP contribution in [0.5, 0.6) is 5.75 Å². The van der Waals surface area contributed by atoms with Gasteiger partial charge in [-0.2, -0.15) is 0 Å². The number of carbonyl (C=O) groups is 2. The first kappa shape index (κ1) is 18.7. The van der Waals surface area contributed by atoms with Gasteiger partial charge in [0.1, 0.15) is 5.75 Å². The second-order valence-corrected chi connectivity index (χ2v) is 7.49. The minimum atomic E-state index is -0.747. The van der Waals surface area contributed by atoms with Crippen molar-refractivity contribution in [2.45, 2.75) is 25.4 Å². The molecular weight excluding hydrogens is 420 g/mol. The van der Waals surface area contributed by atoms with E-state index in [1.165, 1.54) is 0 Å². The third kappa shape index (κ3) is 4.56. The highest BCUT2D eigenvalue weighted by Crippen LogP contribution is 2.49. The first-order valence-corrected chi connectivity index (χ1v) is 9.39. The van der Waals surface area contributed by atoms with Crippen molar-refractivity contribution in [3.05, 3.63) is 63.6 Å². The average molecular weight is 438 g/mol. The zero-order chi connectivity index (χ0) is 18.7. The zero-order valence-electron chi connectivity index (χ0n) is 14.0. The fourth-order valence-electron chi connectivity index (χ4n) is 2.72. The molecule has 7 heteroatoms. The van der Waals surface area contributed by atoms with E-state index in [4.69, 9.17) is 16.3 Å². The Morgan fingerprint density at radius 1 is 1.19 bits per heavy atom. The van der Waals surface area contributed by atoms with Crippen LogP contribution >= 0.6 is 27.5 Å². The molecule has 1 aliphatic carbocycles. The summed E-state index contributed by atoms with van der Waals surface area (Å²) in [7, 11) is 0. The van der Waals surface area contributed by atoms with Crippen LogP contribution in [0.1, 0.15) is 24.8 Å². The van der Waals surface area contributed by atoms with Crippen LogP contribution in [0.4, 0.5) is 0 Å². The van der Waals surface area contributed by atoms with E-state index in [2.05, 4.69) is 26.8 Å². The molecule has 3 unspecified atom stereocenters. The molecule has 0 spiro atoms. The zero-order valence-corrected chi connectivity index (χ0v) is 16.4. The number of amides is 2. The summed E-state index contributed by atoms with van der Waals surface area (Å²) in [4.78, 5) is 24.3. The molecule has 2 aromatic rings. The van der Waals surface area contributed by atoms with E-state index in [0.717, 1.165) is 16.5 Å². The monoisotopic (exact) mass is 436 g/mol. The molecule has 1 saturated carbocycles. The van der Waals surface area contributed by atoms with Crippen molar-refractivity contribution in [3.63, 3.8) is 0 Å². The Bertz CT molecular complexity index is 830. The Labute approximate surface area is 165 Å². The van der Waals surface area contributed by atoms with E-state index in [0.29, 0.717) is 10.8 Å². The van der Waals surface area contributed by atoms with Crippen LogP contribution < -0.4 is 15.6 Å². The number of carbonyl (C=O) groups excluding carboxylic acids is 2. The average Bonchev–Trinajstić information content (AvgIpc) is 3.40. The summed E-state index contributed by atoms with van der Waals surface area (Å²) >= 11 is 9.51. The van der Waals surface area contributed by atoms with Crippen molar-refractivity contribution in [3.8, 4) is 5.75 Å². The normalized spacial score (nSPS) is 19.3. The molecule has 2 amide bonds. The molecule has 0 radical (unpaired) electrons. The summed E-state index contributed by atoms with van der Waals surface area (Å²) in [6.45, 7) is 1.62. The predicted octanol–water partition coefficient (Wildman–Crippen LogP) is 3.82. The first-order chi connectivity index (χ1) is 12.5. The highest BCUT2D eigenvalue weighted by atomic mass is 79.9. The molecule has 0 heterocycles. The fourth-order valence-corrected chi connectivity index (χ4v) is 3.37.